The van der Waals surface area contributed by atoms with Crippen LogP contribution in [0.3, 0.4) is 0 Å². The highest BCUT2D eigenvalue weighted by Gasteiger charge is 2.03. The van der Waals surface area contributed by atoms with Gasteiger partial charge in [-0.15, -0.1) is 0 Å². The van der Waals surface area contributed by atoms with Crippen molar-refractivity contribution in [3.8, 4) is 0 Å². The van der Waals surface area contributed by atoms with E-state index in [9.17, 15) is 0 Å². The first-order valence-corrected chi connectivity index (χ1v) is 5.76. The summed E-state index contributed by atoms with van der Waals surface area (Å²) in [6, 6.07) is 10.4. The Balaban J connectivity index is 2.33. The van der Waals surface area contributed by atoms with Crippen LogP contribution in [-0.2, 0) is 0 Å². The van der Waals surface area contributed by atoms with Crippen LogP contribution >= 0.6 is 23.6 Å². The first-order valence-electron chi connectivity index (χ1n) is 4.41. The molecule has 0 N–H and O–H groups in total. The van der Waals surface area contributed by atoms with Gasteiger partial charge in [0.15, 0.2) is 0 Å². The Bertz CT molecular complexity index is 424. The van der Waals surface area contributed by atoms with Gasteiger partial charge in [0.1, 0.15) is 0 Å². The van der Waals surface area contributed by atoms with Crippen molar-refractivity contribution >= 4 is 28.4 Å². The lowest BCUT2D eigenvalue weighted by atomic mass is 10.1. The van der Waals surface area contributed by atoms with Gasteiger partial charge in [-0.3, -0.25) is 0 Å². The third-order valence-corrected chi connectivity index (χ3v) is 3.25. The van der Waals surface area contributed by atoms with Crippen molar-refractivity contribution < 1.29 is 0 Å². The molecule has 0 atom stereocenters. The summed E-state index contributed by atoms with van der Waals surface area (Å²) in [7, 11) is 0. The highest BCUT2D eigenvalue weighted by molar-refractivity contribution is 7.81. The van der Waals surface area contributed by atoms with Gasteiger partial charge in [0.2, 0.25) is 0 Å². The van der Waals surface area contributed by atoms with Gasteiger partial charge in [0, 0.05) is 5.56 Å². The van der Waals surface area contributed by atoms with Crippen molar-refractivity contribution in [1.82, 2.24) is 0 Å². The van der Waals surface area contributed by atoms with Gasteiger partial charge in [-0.05, 0) is 29.3 Å². The van der Waals surface area contributed by atoms with Crippen LogP contribution in [0.4, 0.5) is 0 Å². The Morgan fingerprint density at radius 2 is 1.79 bits per heavy atom. The Kier molecular flexibility index (Phi) is 2.75. The molecule has 2 heteroatoms. The number of hydrogen-bond acceptors (Lipinski definition) is 2. The minimum absolute atomic E-state index is 0.936. The molecule has 0 saturated heterocycles. The zero-order valence-electron chi connectivity index (χ0n) is 7.86. The molecule has 0 nitrogen and oxygen atoms in total. The van der Waals surface area contributed by atoms with Crippen LogP contribution in [0.2, 0.25) is 0 Å². The molecule has 0 spiro atoms. The molecule has 0 aliphatic carbocycles. The molecule has 0 saturated carbocycles. The normalized spacial score (nSPS) is 10.1. The third kappa shape index (κ3) is 1.91. The van der Waals surface area contributed by atoms with E-state index in [1.807, 2.05) is 0 Å². The molecule has 0 amide bonds. The predicted octanol–water partition coefficient (Wildman–Crippen LogP) is 3.82. The van der Waals surface area contributed by atoms with Crippen molar-refractivity contribution in [2.24, 2.45) is 0 Å². The Hall–Kier alpha value is -0.990. The summed E-state index contributed by atoms with van der Waals surface area (Å²) < 4.78 is 0. The van der Waals surface area contributed by atoms with Crippen molar-refractivity contribution in [2.75, 3.05) is 0 Å². The van der Waals surface area contributed by atoms with Crippen LogP contribution in [-0.4, -0.2) is 4.86 Å². The van der Waals surface area contributed by atoms with Crippen LogP contribution in [0.25, 0.3) is 0 Å². The van der Waals surface area contributed by atoms with Gasteiger partial charge >= 0.3 is 0 Å². The zero-order valence-corrected chi connectivity index (χ0v) is 9.49. The number of aryl methyl sites for hydroxylation is 1. The van der Waals surface area contributed by atoms with E-state index < -0.39 is 0 Å². The summed E-state index contributed by atoms with van der Waals surface area (Å²) in [5.41, 5.74) is 3.54. The molecular weight excluding hydrogens is 208 g/mol. The minimum Gasteiger partial charge on any atom is -0.152 e. The molecule has 1 aromatic heterocycles. The second kappa shape index (κ2) is 4.03. The maximum atomic E-state index is 5.39. The molecule has 2 aromatic rings. The summed E-state index contributed by atoms with van der Waals surface area (Å²) in [5.74, 6) is 0. The van der Waals surface area contributed by atoms with E-state index in [2.05, 4.69) is 48.0 Å². The fourth-order valence-corrected chi connectivity index (χ4v) is 2.25. The van der Waals surface area contributed by atoms with Gasteiger partial charge in [0.25, 0.3) is 0 Å². The summed E-state index contributed by atoms with van der Waals surface area (Å²) in [6.45, 7) is 2.08. The third-order valence-electron chi connectivity index (χ3n) is 2.10. The first-order chi connectivity index (χ1) is 6.77. The SMILES string of the molecule is Cc1ccc(C(=S)c2ccsc2)cc1. The molecular formula is C12H10S2. The lowest BCUT2D eigenvalue weighted by molar-refractivity contribution is 1.46. The number of rotatable bonds is 2. The lowest BCUT2D eigenvalue weighted by Crippen LogP contribution is -1.96. The van der Waals surface area contributed by atoms with Gasteiger partial charge < -0.3 is 0 Å². The highest BCUT2D eigenvalue weighted by Crippen LogP contribution is 2.14. The fourth-order valence-electron chi connectivity index (χ4n) is 1.27. The smallest absolute Gasteiger partial charge is 0.0530 e. The minimum atomic E-state index is 0.936. The quantitative estimate of drug-likeness (QED) is 0.545. The molecule has 0 unspecified atom stereocenters. The molecule has 1 heterocycles. The summed E-state index contributed by atoms with van der Waals surface area (Å²) in [4.78, 5) is 0.936. The zero-order chi connectivity index (χ0) is 9.97. The second-order valence-corrected chi connectivity index (χ2v) is 4.40. The second-order valence-electron chi connectivity index (χ2n) is 3.21. The summed E-state index contributed by atoms with van der Waals surface area (Å²) in [5, 5.41) is 4.14. The van der Waals surface area contributed by atoms with E-state index in [0.717, 1.165) is 16.0 Å². The average Bonchev–Trinajstić information content (AvgIpc) is 2.71. The Morgan fingerprint density at radius 3 is 2.36 bits per heavy atom. The lowest BCUT2D eigenvalue weighted by Gasteiger charge is -2.01. The van der Waals surface area contributed by atoms with Crippen LogP contribution in [0.5, 0.6) is 0 Å². The average molecular weight is 218 g/mol. The molecule has 70 valence electrons. The van der Waals surface area contributed by atoms with Crippen molar-refractivity contribution in [3.05, 3.63) is 57.8 Å². The fraction of sp³-hybridized carbons (Fsp3) is 0.0833. The highest BCUT2D eigenvalue weighted by atomic mass is 32.1. The Morgan fingerprint density at radius 1 is 1.07 bits per heavy atom. The monoisotopic (exact) mass is 218 g/mol. The molecule has 1 aromatic carbocycles. The maximum Gasteiger partial charge on any atom is 0.0530 e. The van der Waals surface area contributed by atoms with Crippen LogP contribution in [0.15, 0.2) is 41.1 Å². The number of hydrogen-bond donors (Lipinski definition) is 0. The molecule has 0 aliphatic heterocycles. The standard InChI is InChI=1S/C12H10S2/c1-9-2-4-10(5-3-9)12(13)11-6-7-14-8-11/h2-8H,1H3. The number of thiophene rings is 1. The van der Waals surface area contributed by atoms with E-state index >= 15 is 0 Å². The summed E-state index contributed by atoms with van der Waals surface area (Å²) in [6.07, 6.45) is 0. The van der Waals surface area contributed by atoms with Crippen LogP contribution in [0, 0.1) is 6.92 Å². The van der Waals surface area contributed by atoms with E-state index in [1.54, 1.807) is 11.3 Å². The van der Waals surface area contributed by atoms with Crippen molar-refractivity contribution in [1.29, 1.82) is 0 Å². The van der Waals surface area contributed by atoms with Crippen LogP contribution in [0.1, 0.15) is 16.7 Å². The molecule has 0 bridgehead atoms. The van der Waals surface area contributed by atoms with Gasteiger partial charge in [-0.2, -0.15) is 11.3 Å². The molecule has 0 aliphatic rings. The molecule has 2 rings (SSSR count). The number of thiocarbonyl (C=S) groups is 1. The molecule has 0 radical (unpaired) electrons. The van der Waals surface area contributed by atoms with Crippen molar-refractivity contribution in [3.63, 3.8) is 0 Å². The molecule has 0 fully saturated rings. The maximum absolute atomic E-state index is 5.39. The topological polar surface area (TPSA) is 0 Å². The molecule has 14 heavy (non-hydrogen) atoms. The van der Waals surface area contributed by atoms with E-state index in [0.29, 0.717) is 0 Å². The largest absolute Gasteiger partial charge is 0.152 e. The van der Waals surface area contributed by atoms with Gasteiger partial charge in [-0.25, -0.2) is 0 Å². The first kappa shape index (κ1) is 9.56. The van der Waals surface area contributed by atoms with Gasteiger partial charge in [-0.1, -0.05) is 42.0 Å². The van der Waals surface area contributed by atoms with E-state index in [4.69, 9.17) is 12.2 Å². The number of benzene rings is 1. The summed E-state index contributed by atoms with van der Waals surface area (Å²) >= 11 is 7.07. The van der Waals surface area contributed by atoms with E-state index in [1.165, 1.54) is 5.56 Å². The Labute approximate surface area is 93.2 Å². The van der Waals surface area contributed by atoms with E-state index in [-0.39, 0.29) is 0 Å². The predicted molar refractivity (Wildman–Crippen MR) is 66.3 cm³/mol. The van der Waals surface area contributed by atoms with Gasteiger partial charge in [0.05, 0.1) is 4.86 Å². The van der Waals surface area contributed by atoms with Crippen LogP contribution < -0.4 is 0 Å². The van der Waals surface area contributed by atoms with Crippen molar-refractivity contribution in [2.45, 2.75) is 6.92 Å².